The molecule has 0 fully saturated rings. The van der Waals surface area contributed by atoms with Gasteiger partial charge in [-0.15, -0.1) is 5.10 Å². The molecule has 8 nitrogen and oxygen atoms in total. The van der Waals surface area contributed by atoms with Gasteiger partial charge in [-0.1, -0.05) is 23.7 Å². The molecule has 0 atom stereocenters. The van der Waals surface area contributed by atoms with Crippen LogP contribution in [0.3, 0.4) is 0 Å². The highest BCUT2D eigenvalue weighted by molar-refractivity contribution is 6.30. The van der Waals surface area contributed by atoms with Gasteiger partial charge in [-0.25, -0.2) is 4.68 Å². The summed E-state index contributed by atoms with van der Waals surface area (Å²) in [7, 11) is 0. The summed E-state index contributed by atoms with van der Waals surface area (Å²) in [5.41, 5.74) is 1.06. The molecular formula is C13H14ClN5O3. The van der Waals surface area contributed by atoms with Crippen LogP contribution in [-0.4, -0.2) is 45.2 Å². The highest BCUT2D eigenvalue weighted by Crippen LogP contribution is 2.09. The van der Waals surface area contributed by atoms with Crippen molar-refractivity contribution in [2.24, 2.45) is 0 Å². The van der Waals surface area contributed by atoms with E-state index in [2.05, 4.69) is 20.8 Å². The molecule has 9 heteroatoms. The summed E-state index contributed by atoms with van der Waals surface area (Å²) in [6.07, 6.45) is 1.95. The van der Waals surface area contributed by atoms with E-state index in [4.69, 9.17) is 16.3 Å². The Balaban J connectivity index is 1.61. The second-order valence-electron chi connectivity index (χ2n) is 4.39. The van der Waals surface area contributed by atoms with Gasteiger partial charge < -0.3 is 10.1 Å². The largest absolute Gasteiger partial charge is 0.454 e. The Hall–Kier alpha value is -2.48. The van der Waals surface area contributed by atoms with Gasteiger partial charge in [-0.2, -0.15) is 0 Å². The van der Waals surface area contributed by atoms with Crippen LogP contribution in [-0.2, 0) is 27.3 Å². The molecule has 0 aliphatic heterocycles. The highest BCUT2D eigenvalue weighted by Gasteiger charge is 2.08. The quantitative estimate of drug-likeness (QED) is 0.732. The number of benzene rings is 1. The summed E-state index contributed by atoms with van der Waals surface area (Å²) >= 11 is 5.79. The number of amides is 1. The number of aromatic nitrogens is 4. The SMILES string of the molecule is O=C(COC(=O)Cn1cnnn1)NCCc1ccc(Cl)cc1. The molecule has 1 amide bonds. The summed E-state index contributed by atoms with van der Waals surface area (Å²) in [5.74, 6) is -0.945. The molecular weight excluding hydrogens is 310 g/mol. The standard InChI is InChI=1S/C13H14ClN5O3/c14-11-3-1-10(2-4-11)5-6-15-12(20)8-22-13(21)7-19-9-16-17-18-19/h1-4,9H,5-8H2,(H,15,20). The van der Waals surface area contributed by atoms with E-state index in [0.717, 1.165) is 5.56 Å². The lowest BCUT2D eigenvalue weighted by molar-refractivity contribution is -0.149. The molecule has 0 saturated heterocycles. The fraction of sp³-hybridized carbons (Fsp3) is 0.308. The summed E-state index contributed by atoms with van der Waals surface area (Å²) in [6, 6.07) is 7.36. The van der Waals surface area contributed by atoms with E-state index < -0.39 is 5.97 Å². The number of rotatable bonds is 7. The number of hydrogen-bond acceptors (Lipinski definition) is 6. The molecule has 1 N–H and O–H groups in total. The van der Waals surface area contributed by atoms with Crippen molar-refractivity contribution < 1.29 is 14.3 Å². The van der Waals surface area contributed by atoms with Crippen molar-refractivity contribution in [2.75, 3.05) is 13.2 Å². The molecule has 0 spiro atoms. The minimum atomic E-state index is -0.583. The van der Waals surface area contributed by atoms with Crippen LogP contribution in [0.15, 0.2) is 30.6 Å². The van der Waals surface area contributed by atoms with Crippen LogP contribution < -0.4 is 5.32 Å². The van der Waals surface area contributed by atoms with Crippen LogP contribution in [0, 0.1) is 0 Å². The fourth-order valence-corrected chi connectivity index (χ4v) is 1.75. The normalized spacial score (nSPS) is 10.2. The maximum absolute atomic E-state index is 11.5. The molecule has 1 aromatic heterocycles. The maximum Gasteiger partial charge on any atom is 0.328 e. The number of carbonyl (C=O) groups excluding carboxylic acids is 2. The van der Waals surface area contributed by atoms with Gasteiger partial charge in [0.25, 0.3) is 5.91 Å². The number of halogens is 1. The molecule has 2 rings (SSSR count). The predicted octanol–water partition coefficient (Wildman–Crippen LogP) is 0.229. The van der Waals surface area contributed by atoms with Crippen molar-refractivity contribution >= 4 is 23.5 Å². The number of nitrogens with zero attached hydrogens (tertiary/aromatic N) is 4. The fourth-order valence-electron chi connectivity index (χ4n) is 1.63. The first-order valence-electron chi connectivity index (χ1n) is 6.51. The first-order chi connectivity index (χ1) is 10.6. The van der Waals surface area contributed by atoms with Crippen molar-refractivity contribution in [3.63, 3.8) is 0 Å². The van der Waals surface area contributed by atoms with Gasteiger partial charge in [0, 0.05) is 11.6 Å². The summed E-state index contributed by atoms with van der Waals surface area (Å²) in [4.78, 5) is 22.9. The van der Waals surface area contributed by atoms with E-state index >= 15 is 0 Å². The van der Waals surface area contributed by atoms with Crippen LogP contribution in [0.4, 0.5) is 0 Å². The summed E-state index contributed by atoms with van der Waals surface area (Å²) in [5, 5.41) is 13.6. The second kappa shape index (κ2) is 8.08. The number of nitrogens with one attached hydrogen (secondary N) is 1. The Kier molecular flexibility index (Phi) is 5.84. The Labute approximate surface area is 131 Å². The van der Waals surface area contributed by atoms with Crippen molar-refractivity contribution in [1.29, 1.82) is 0 Å². The molecule has 0 aliphatic rings. The molecule has 0 radical (unpaired) electrons. The van der Waals surface area contributed by atoms with Gasteiger partial charge in [0.1, 0.15) is 12.9 Å². The van der Waals surface area contributed by atoms with E-state index in [9.17, 15) is 9.59 Å². The van der Waals surface area contributed by atoms with E-state index in [1.165, 1.54) is 11.0 Å². The van der Waals surface area contributed by atoms with Gasteiger partial charge >= 0.3 is 5.97 Å². The van der Waals surface area contributed by atoms with Crippen LogP contribution in [0.1, 0.15) is 5.56 Å². The van der Waals surface area contributed by atoms with Gasteiger partial charge in [-0.3, -0.25) is 9.59 Å². The molecule has 0 aliphatic carbocycles. The van der Waals surface area contributed by atoms with Crippen molar-refractivity contribution in [3.05, 3.63) is 41.2 Å². The first-order valence-corrected chi connectivity index (χ1v) is 6.89. The monoisotopic (exact) mass is 323 g/mol. The van der Waals surface area contributed by atoms with E-state index in [1.807, 2.05) is 12.1 Å². The van der Waals surface area contributed by atoms with Crippen LogP contribution in [0.5, 0.6) is 0 Å². The lowest BCUT2D eigenvalue weighted by Gasteiger charge is -2.06. The zero-order valence-electron chi connectivity index (χ0n) is 11.6. The molecule has 1 heterocycles. The topological polar surface area (TPSA) is 99.0 Å². The lowest BCUT2D eigenvalue weighted by Crippen LogP contribution is -2.31. The number of carbonyl (C=O) groups is 2. The number of tetrazole rings is 1. The number of esters is 1. The van der Waals surface area contributed by atoms with Crippen molar-refractivity contribution in [2.45, 2.75) is 13.0 Å². The Morgan fingerprint density at radius 1 is 1.27 bits per heavy atom. The summed E-state index contributed by atoms with van der Waals surface area (Å²) in [6.45, 7) is -0.0162. The average molecular weight is 324 g/mol. The van der Waals surface area contributed by atoms with Crippen molar-refractivity contribution in [3.8, 4) is 0 Å². The van der Waals surface area contributed by atoms with E-state index in [0.29, 0.717) is 18.0 Å². The Bertz CT molecular complexity index is 615. The van der Waals surface area contributed by atoms with Crippen LogP contribution >= 0.6 is 11.6 Å². The molecule has 0 saturated carbocycles. The van der Waals surface area contributed by atoms with Gasteiger partial charge in [0.15, 0.2) is 6.61 Å². The number of hydrogen-bond donors (Lipinski definition) is 1. The predicted molar refractivity (Wildman–Crippen MR) is 76.9 cm³/mol. The minimum Gasteiger partial charge on any atom is -0.454 e. The van der Waals surface area contributed by atoms with Crippen LogP contribution in [0.25, 0.3) is 0 Å². The van der Waals surface area contributed by atoms with Gasteiger partial charge in [0.05, 0.1) is 0 Å². The molecule has 0 bridgehead atoms. The second-order valence-corrected chi connectivity index (χ2v) is 4.83. The third-order valence-corrected chi connectivity index (χ3v) is 2.95. The Morgan fingerprint density at radius 2 is 2.05 bits per heavy atom. The van der Waals surface area contributed by atoms with Crippen LogP contribution in [0.2, 0.25) is 5.02 Å². The van der Waals surface area contributed by atoms with Gasteiger partial charge in [0.2, 0.25) is 0 Å². The zero-order valence-corrected chi connectivity index (χ0v) is 12.4. The minimum absolute atomic E-state index is 0.134. The third-order valence-electron chi connectivity index (χ3n) is 2.70. The molecule has 116 valence electrons. The Morgan fingerprint density at radius 3 is 2.73 bits per heavy atom. The summed E-state index contributed by atoms with van der Waals surface area (Å²) < 4.78 is 6.02. The molecule has 0 unspecified atom stereocenters. The molecule has 1 aromatic carbocycles. The highest BCUT2D eigenvalue weighted by atomic mass is 35.5. The smallest absolute Gasteiger partial charge is 0.328 e. The third kappa shape index (κ3) is 5.49. The van der Waals surface area contributed by atoms with Gasteiger partial charge in [-0.05, 0) is 34.5 Å². The molecule has 22 heavy (non-hydrogen) atoms. The van der Waals surface area contributed by atoms with Crippen molar-refractivity contribution in [1.82, 2.24) is 25.5 Å². The zero-order chi connectivity index (χ0) is 15.8. The lowest BCUT2D eigenvalue weighted by atomic mass is 10.1. The van der Waals surface area contributed by atoms with E-state index in [-0.39, 0.29) is 19.1 Å². The first kappa shape index (κ1) is 15.9. The maximum atomic E-state index is 11.5. The average Bonchev–Trinajstić information content (AvgIpc) is 3.00. The number of ether oxygens (including phenoxy) is 1. The van der Waals surface area contributed by atoms with E-state index in [1.54, 1.807) is 12.1 Å². The molecule has 2 aromatic rings.